The van der Waals surface area contributed by atoms with Crippen LogP contribution in [0.4, 0.5) is 4.39 Å². The van der Waals surface area contributed by atoms with Crippen molar-refractivity contribution >= 4 is 44.7 Å². The molecular formula is C29H26Cl2FNO6S. The molecule has 1 amide bonds. The fourth-order valence-corrected chi connectivity index (χ4v) is 6.41. The van der Waals surface area contributed by atoms with Crippen LogP contribution < -0.4 is 0 Å². The van der Waals surface area contributed by atoms with Gasteiger partial charge in [0, 0.05) is 32.8 Å². The summed E-state index contributed by atoms with van der Waals surface area (Å²) in [5.41, 5.74) is -1.99. The number of benzene rings is 3. The molecule has 0 radical (unpaired) electrons. The maximum absolute atomic E-state index is 16.1. The Morgan fingerprint density at radius 2 is 1.73 bits per heavy atom. The summed E-state index contributed by atoms with van der Waals surface area (Å²) in [6.07, 6.45) is 2.40. The molecule has 1 aliphatic carbocycles. The summed E-state index contributed by atoms with van der Waals surface area (Å²) in [5.74, 6) is -1.92. The summed E-state index contributed by atoms with van der Waals surface area (Å²) in [4.78, 5) is 27.5. The molecule has 1 fully saturated rings. The van der Waals surface area contributed by atoms with E-state index in [-0.39, 0.29) is 51.9 Å². The lowest BCUT2D eigenvalue weighted by molar-refractivity contribution is -0.130. The van der Waals surface area contributed by atoms with Gasteiger partial charge in [-0.3, -0.25) is 14.5 Å². The molecular weight excluding hydrogens is 580 g/mol. The molecule has 3 aromatic carbocycles. The number of aliphatic hydroxyl groups is 1. The number of nitrogens with zero attached hydrogens (tertiary/aromatic N) is 1. The van der Waals surface area contributed by atoms with Crippen molar-refractivity contribution in [3.8, 4) is 0 Å². The summed E-state index contributed by atoms with van der Waals surface area (Å²) >= 11 is 12.3. The lowest BCUT2D eigenvalue weighted by Gasteiger charge is -2.40. The van der Waals surface area contributed by atoms with Crippen LogP contribution in [0, 0.1) is 11.2 Å². The number of amides is 1. The minimum absolute atomic E-state index is 0.00814. The van der Waals surface area contributed by atoms with Gasteiger partial charge in [0.1, 0.15) is 5.82 Å². The van der Waals surface area contributed by atoms with Gasteiger partial charge >= 0.3 is 0 Å². The maximum atomic E-state index is 16.1. The zero-order valence-corrected chi connectivity index (χ0v) is 24.0. The molecule has 0 spiro atoms. The first-order valence-corrected chi connectivity index (χ1v) is 15.1. The minimum atomic E-state index is -3.78. The summed E-state index contributed by atoms with van der Waals surface area (Å²) in [6.45, 7) is 0.802. The van der Waals surface area contributed by atoms with Crippen molar-refractivity contribution in [2.24, 2.45) is 5.41 Å². The Kier molecular flexibility index (Phi) is 7.34. The third kappa shape index (κ3) is 4.94. The second kappa shape index (κ2) is 10.2. The molecule has 1 saturated carbocycles. The lowest BCUT2D eigenvalue weighted by Crippen LogP contribution is -2.48. The molecule has 40 heavy (non-hydrogen) atoms. The van der Waals surface area contributed by atoms with Crippen LogP contribution >= 0.6 is 23.2 Å². The van der Waals surface area contributed by atoms with Gasteiger partial charge in [0.25, 0.3) is 5.91 Å². The highest BCUT2D eigenvalue weighted by molar-refractivity contribution is 7.90. The largest absolute Gasteiger partial charge is 0.396 e. The lowest BCUT2D eigenvalue weighted by atomic mass is 9.91. The number of carbonyl (C=O) groups is 2. The van der Waals surface area contributed by atoms with Crippen LogP contribution in [-0.2, 0) is 26.8 Å². The highest BCUT2D eigenvalue weighted by atomic mass is 35.5. The van der Waals surface area contributed by atoms with Crippen LogP contribution in [0.1, 0.15) is 57.2 Å². The molecule has 1 aliphatic heterocycles. The average Bonchev–Trinajstić information content (AvgIpc) is 3.64. The van der Waals surface area contributed by atoms with Gasteiger partial charge in [-0.2, -0.15) is 0 Å². The van der Waals surface area contributed by atoms with Crippen LogP contribution in [0.25, 0.3) is 0 Å². The normalized spacial score (nSPS) is 19.6. The number of carbonyl (C=O) groups excluding carboxylic acids is 2. The number of hydrogen-bond donors (Lipinski definition) is 1. The quantitative estimate of drug-likeness (QED) is 0.328. The van der Waals surface area contributed by atoms with Crippen molar-refractivity contribution in [2.45, 2.75) is 36.9 Å². The Hall–Kier alpha value is -2.82. The highest BCUT2D eigenvalue weighted by Crippen LogP contribution is 2.52. The van der Waals surface area contributed by atoms with Crippen LogP contribution in [-0.4, -0.2) is 49.6 Å². The van der Waals surface area contributed by atoms with E-state index in [4.69, 9.17) is 27.9 Å². The summed E-state index contributed by atoms with van der Waals surface area (Å²) in [5, 5.41) is 10.6. The number of ketones is 1. The van der Waals surface area contributed by atoms with Crippen LogP contribution in [0.5, 0.6) is 0 Å². The summed E-state index contributed by atoms with van der Waals surface area (Å²) in [7, 11) is -3.78. The van der Waals surface area contributed by atoms with Crippen molar-refractivity contribution < 1.29 is 32.2 Å². The van der Waals surface area contributed by atoms with Crippen molar-refractivity contribution in [2.75, 3.05) is 19.5 Å². The number of hydrogen-bond acceptors (Lipinski definition) is 6. The van der Waals surface area contributed by atoms with E-state index in [2.05, 4.69) is 0 Å². The molecule has 0 saturated heterocycles. The van der Waals surface area contributed by atoms with E-state index in [1.54, 1.807) is 24.3 Å². The van der Waals surface area contributed by atoms with E-state index in [0.717, 1.165) is 12.3 Å². The Labute approximate surface area is 241 Å². The maximum Gasteiger partial charge on any atom is 0.257 e. The molecule has 1 N–H and O–H groups in total. The van der Waals surface area contributed by atoms with E-state index in [1.165, 1.54) is 36.1 Å². The summed E-state index contributed by atoms with van der Waals surface area (Å²) < 4.78 is 48.0. The van der Waals surface area contributed by atoms with Crippen molar-refractivity contribution in [1.29, 1.82) is 0 Å². The van der Waals surface area contributed by atoms with Crippen LogP contribution in [0.2, 0.25) is 10.0 Å². The molecule has 0 bridgehead atoms. The minimum Gasteiger partial charge on any atom is -0.396 e. The fourth-order valence-electron chi connectivity index (χ4n) is 5.10. The number of ether oxygens (including phenoxy) is 1. The smallest absolute Gasteiger partial charge is 0.257 e. The first-order valence-electron chi connectivity index (χ1n) is 12.5. The van der Waals surface area contributed by atoms with Crippen LogP contribution in [0.15, 0.2) is 59.5 Å². The Bertz CT molecular complexity index is 1640. The number of halogens is 3. The molecule has 7 nitrogen and oxygen atoms in total. The molecule has 1 heterocycles. The van der Waals surface area contributed by atoms with Crippen molar-refractivity contribution in [3.63, 3.8) is 0 Å². The Morgan fingerprint density at radius 3 is 2.30 bits per heavy atom. The molecule has 5 rings (SSSR count). The topological polar surface area (TPSA) is 101 Å². The molecule has 0 aromatic heterocycles. The number of rotatable bonds is 9. The van der Waals surface area contributed by atoms with E-state index in [0.29, 0.717) is 23.4 Å². The first kappa shape index (κ1) is 28.7. The van der Waals surface area contributed by atoms with Gasteiger partial charge < -0.3 is 9.84 Å². The van der Waals surface area contributed by atoms with E-state index >= 15 is 4.39 Å². The second-order valence-corrected chi connectivity index (χ2v) is 13.3. The standard InChI is InChI=1S/C29H26Cl2FNO6S/c1-17(35)19-11-23-26(24(32)12-19)29(20-4-7-21(30)8-5-20,39-16-28(15-34)9-10-28)33(27(23)36)14-18-3-6-22(31)13-25(18)40(2,37)38/h3-8,11-13,34H,9-10,14-16H2,1-2H3. The number of sulfone groups is 1. The van der Waals surface area contributed by atoms with Gasteiger partial charge in [-0.15, -0.1) is 0 Å². The molecule has 3 aromatic rings. The average molecular weight is 606 g/mol. The predicted molar refractivity (Wildman–Crippen MR) is 148 cm³/mol. The number of Topliss-reactive ketones (excluding diaryl/α,β-unsaturated/α-hetero) is 1. The number of fused-ring (bicyclic) bond motifs is 1. The molecule has 2 aliphatic rings. The zero-order valence-electron chi connectivity index (χ0n) is 21.7. The van der Waals surface area contributed by atoms with Gasteiger partial charge in [0.2, 0.25) is 0 Å². The third-order valence-corrected chi connectivity index (χ3v) is 9.23. The van der Waals surface area contributed by atoms with Crippen LogP contribution in [0.3, 0.4) is 0 Å². The van der Waals surface area contributed by atoms with Crippen molar-refractivity contribution in [3.05, 3.63) is 98.3 Å². The van der Waals surface area contributed by atoms with Gasteiger partial charge in [-0.05, 0) is 61.7 Å². The molecule has 11 heteroatoms. The van der Waals surface area contributed by atoms with Gasteiger partial charge in [0.15, 0.2) is 21.3 Å². The van der Waals surface area contributed by atoms with Gasteiger partial charge in [0.05, 0.1) is 35.8 Å². The molecule has 210 valence electrons. The zero-order chi connectivity index (χ0) is 29.0. The monoisotopic (exact) mass is 605 g/mol. The fraction of sp³-hybridized carbons (Fsp3) is 0.310. The van der Waals surface area contributed by atoms with E-state index in [1.807, 2.05) is 0 Å². The number of aliphatic hydroxyl groups excluding tert-OH is 1. The Balaban J connectivity index is 1.78. The van der Waals surface area contributed by atoms with E-state index in [9.17, 15) is 23.1 Å². The third-order valence-electron chi connectivity index (χ3n) is 7.56. The van der Waals surface area contributed by atoms with Crippen molar-refractivity contribution in [1.82, 2.24) is 4.90 Å². The van der Waals surface area contributed by atoms with Gasteiger partial charge in [-0.25, -0.2) is 12.8 Å². The predicted octanol–water partition coefficient (Wildman–Crippen LogP) is 5.38. The first-order chi connectivity index (χ1) is 18.8. The van der Waals surface area contributed by atoms with E-state index < -0.39 is 38.5 Å². The second-order valence-electron chi connectivity index (χ2n) is 10.5. The molecule has 1 unspecified atom stereocenters. The Morgan fingerprint density at radius 1 is 1.07 bits per heavy atom. The van der Waals surface area contributed by atoms with Gasteiger partial charge in [-0.1, -0.05) is 41.4 Å². The molecule has 1 atom stereocenters. The SMILES string of the molecule is CC(=O)c1cc(F)c2c(c1)C(=O)N(Cc1ccc(Cl)cc1S(C)(=O)=O)C2(OCC1(CO)CC1)c1ccc(Cl)cc1. The highest BCUT2D eigenvalue weighted by Gasteiger charge is 2.56. The summed E-state index contributed by atoms with van der Waals surface area (Å²) in [6, 6.07) is 13.1.